The summed E-state index contributed by atoms with van der Waals surface area (Å²) < 4.78 is 0. The summed E-state index contributed by atoms with van der Waals surface area (Å²) in [5.74, 6) is 0.869. The van der Waals surface area contributed by atoms with E-state index in [-0.39, 0.29) is 0 Å². The Morgan fingerprint density at radius 1 is 1.21 bits per heavy atom. The SMILES string of the molecule is CCN1CCC(CNCc2ccc(C)cc2C)CC1. The zero-order valence-corrected chi connectivity index (χ0v) is 12.7. The maximum atomic E-state index is 3.65. The van der Waals surface area contributed by atoms with Crippen molar-refractivity contribution in [1.82, 2.24) is 10.2 Å². The van der Waals surface area contributed by atoms with Gasteiger partial charge < -0.3 is 10.2 Å². The number of benzene rings is 1. The summed E-state index contributed by atoms with van der Waals surface area (Å²) in [4.78, 5) is 2.56. The van der Waals surface area contributed by atoms with E-state index in [1.165, 1.54) is 55.7 Å². The van der Waals surface area contributed by atoms with Crippen molar-refractivity contribution in [1.29, 1.82) is 0 Å². The van der Waals surface area contributed by atoms with Gasteiger partial charge in [-0.05, 0) is 69.9 Å². The Bertz CT molecular complexity index is 392. The second-order valence-electron chi connectivity index (χ2n) is 5.94. The molecule has 0 aromatic heterocycles. The van der Waals surface area contributed by atoms with Crippen molar-refractivity contribution in [3.8, 4) is 0 Å². The Kier molecular flexibility index (Phi) is 5.41. The predicted octanol–water partition coefficient (Wildman–Crippen LogP) is 3.12. The van der Waals surface area contributed by atoms with E-state index in [9.17, 15) is 0 Å². The molecule has 2 heteroatoms. The molecule has 1 N–H and O–H groups in total. The molecule has 1 saturated heterocycles. The van der Waals surface area contributed by atoms with Crippen LogP contribution in [0, 0.1) is 19.8 Å². The van der Waals surface area contributed by atoms with Gasteiger partial charge in [0.05, 0.1) is 0 Å². The van der Waals surface area contributed by atoms with Crippen molar-refractivity contribution in [2.75, 3.05) is 26.2 Å². The minimum absolute atomic E-state index is 0.869. The lowest BCUT2D eigenvalue weighted by molar-refractivity contribution is 0.190. The predicted molar refractivity (Wildman–Crippen MR) is 82.5 cm³/mol. The zero-order valence-electron chi connectivity index (χ0n) is 12.7. The summed E-state index contributed by atoms with van der Waals surface area (Å²) in [5.41, 5.74) is 4.21. The van der Waals surface area contributed by atoms with Gasteiger partial charge in [0.1, 0.15) is 0 Å². The molecule has 0 amide bonds. The Hall–Kier alpha value is -0.860. The third-order valence-electron chi connectivity index (χ3n) is 4.40. The maximum absolute atomic E-state index is 3.65. The molecule has 0 atom stereocenters. The topological polar surface area (TPSA) is 15.3 Å². The number of hydrogen-bond acceptors (Lipinski definition) is 2. The number of likely N-dealkylation sites (tertiary alicyclic amines) is 1. The van der Waals surface area contributed by atoms with Crippen LogP contribution in [0.1, 0.15) is 36.5 Å². The number of hydrogen-bond donors (Lipinski definition) is 1. The molecule has 0 spiro atoms. The molecule has 1 aromatic carbocycles. The van der Waals surface area contributed by atoms with Gasteiger partial charge in [0.15, 0.2) is 0 Å². The number of nitrogens with one attached hydrogen (secondary N) is 1. The van der Waals surface area contributed by atoms with E-state index in [4.69, 9.17) is 0 Å². The lowest BCUT2D eigenvalue weighted by atomic mass is 9.96. The van der Waals surface area contributed by atoms with Gasteiger partial charge >= 0.3 is 0 Å². The molecule has 1 aliphatic heterocycles. The van der Waals surface area contributed by atoms with Crippen LogP contribution in [0.5, 0.6) is 0 Å². The van der Waals surface area contributed by atoms with E-state index in [0.717, 1.165) is 12.5 Å². The van der Waals surface area contributed by atoms with Gasteiger partial charge in [-0.3, -0.25) is 0 Å². The van der Waals surface area contributed by atoms with E-state index in [0.29, 0.717) is 0 Å². The number of piperidine rings is 1. The van der Waals surface area contributed by atoms with Gasteiger partial charge in [0.25, 0.3) is 0 Å². The van der Waals surface area contributed by atoms with Crippen molar-refractivity contribution < 1.29 is 0 Å². The van der Waals surface area contributed by atoms with Crippen LogP contribution >= 0.6 is 0 Å². The average molecular weight is 260 g/mol. The number of rotatable bonds is 5. The summed E-state index contributed by atoms with van der Waals surface area (Å²) >= 11 is 0. The van der Waals surface area contributed by atoms with Crippen LogP contribution in [0.2, 0.25) is 0 Å². The molecule has 2 rings (SSSR count). The quantitative estimate of drug-likeness (QED) is 0.875. The van der Waals surface area contributed by atoms with Gasteiger partial charge in [-0.2, -0.15) is 0 Å². The highest BCUT2D eigenvalue weighted by Gasteiger charge is 2.17. The standard InChI is InChI=1S/C17H28N2/c1-4-19-9-7-16(8-10-19)12-18-13-17-6-5-14(2)11-15(17)3/h5-6,11,16,18H,4,7-10,12-13H2,1-3H3. The zero-order chi connectivity index (χ0) is 13.7. The largest absolute Gasteiger partial charge is 0.312 e. The van der Waals surface area contributed by atoms with Crippen LogP contribution < -0.4 is 5.32 Å². The molecular formula is C17H28N2. The molecule has 1 aromatic rings. The van der Waals surface area contributed by atoms with Crippen molar-refractivity contribution >= 4 is 0 Å². The van der Waals surface area contributed by atoms with Crippen molar-refractivity contribution in [2.24, 2.45) is 5.92 Å². The van der Waals surface area contributed by atoms with Crippen molar-refractivity contribution in [2.45, 2.75) is 40.2 Å². The van der Waals surface area contributed by atoms with Gasteiger partial charge in [-0.1, -0.05) is 30.7 Å². The van der Waals surface area contributed by atoms with E-state index in [2.05, 4.69) is 49.2 Å². The smallest absolute Gasteiger partial charge is 0.0208 e. The van der Waals surface area contributed by atoms with Gasteiger partial charge in [0, 0.05) is 6.54 Å². The first-order valence-electron chi connectivity index (χ1n) is 7.68. The lowest BCUT2D eigenvalue weighted by Gasteiger charge is -2.31. The molecule has 19 heavy (non-hydrogen) atoms. The molecule has 1 fully saturated rings. The number of nitrogens with zero attached hydrogens (tertiary/aromatic N) is 1. The van der Waals surface area contributed by atoms with Crippen molar-refractivity contribution in [3.05, 3.63) is 34.9 Å². The summed E-state index contributed by atoms with van der Waals surface area (Å²) in [6.07, 6.45) is 2.71. The van der Waals surface area contributed by atoms with Crippen LogP contribution in [-0.2, 0) is 6.54 Å². The molecule has 0 unspecified atom stereocenters. The Morgan fingerprint density at radius 3 is 2.58 bits per heavy atom. The van der Waals surface area contributed by atoms with E-state index < -0.39 is 0 Å². The molecule has 1 heterocycles. The summed E-state index contributed by atoms with van der Waals surface area (Å²) in [7, 11) is 0. The second-order valence-corrected chi connectivity index (χ2v) is 5.94. The minimum Gasteiger partial charge on any atom is -0.312 e. The Labute approximate surface area is 118 Å². The van der Waals surface area contributed by atoms with Crippen LogP contribution in [0.15, 0.2) is 18.2 Å². The first kappa shape index (κ1) is 14.5. The third kappa shape index (κ3) is 4.32. The second kappa shape index (κ2) is 7.06. The van der Waals surface area contributed by atoms with Crippen LogP contribution in [0.3, 0.4) is 0 Å². The summed E-state index contributed by atoms with van der Waals surface area (Å²) in [6.45, 7) is 12.6. The van der Waals surface area contributed by atoms with Gasteiger partial charge in [0.2, 0.25) is 0 Å². The summed E-state index contributed by atoms with van der Waals surface area (Å²) in [6, 6.07) is 6.75. The first-order valence-corrected chi connectivity index (χ1v) is 7.68. The van der Waals surface area contributed by atoms with Crippen molar-refractivity contribution in [3.63, 3.8) is 0 Å². The highest BCUT2D eigenvalue weighted by atomic mass is 15.1. The molecule has 0 saturated carbocycles. The van der Waals surface area contributed by atoms with Crippen LogP contribution in [0.4, 0.5) is 0 Å². The highest BCUT2D eigenvalue weighted by Crippen LogP contribution is 2.16. The van der Waals surface area contributed by atoms with Gasteiger partial charge in [-0.15, -0.1) is 0 Å². The maximum Gasteiger partial charge on any atom is 0.0208 e. The monoisotopic (exact) mass is 260 g/mol. The number of aryl methyl sites for hydroxylation is 2. The fraction of sp³-hybridized carbons (Fsp3) is 0.647. The Morgan fingerprint density at radius 2 is 1.95 bits per heavy atom. The third-order valence-corrected chi connectivity index (χ3v) is 4.40. The van der Waals surface area contributed by atoms with Gasteiger partial charge in [-0.25, -0.2) is 0 Å². The molecule has 106 valence electrons. The van der Waals surface area contributed by atoms with Crippen LogP contribution in [0.25, 0.3) is 0 Å². The van der Waals surface area contributed by atoms with E-state index in [1.54, 1.807) is 0 Å². The fourth-order valence-corrected chi connectivity index (χ4v) is 2.96. The molecular weight excluding hydrogens is 232 g/mol. The first-order chi connectivity index (χ1) is 9.19. The molecule has 0 aliphatic carbocycles. The Balaban J connectivity index is 1.72. The molecule has 0 radical (unpaired) electrons. The van der Waals surface area contributed by atoms with E-state index in [1.807, 2.05) is 0 Å². The molecule has 2 nitrogen and oxygen atoms in total. The molecule has 1 aliphatic rings. The minimum atomic E-state index is 0.869. The average Bonchev–Trinajstić information content (AvgIpc) is 2.42. The fourth-order valence-electron chi connectivity index (χ4n) is 2.96. The highest BCUT2D eigenvalue weighted by molar-refractivity contribution is 5.30. The normalized spacial score (nSPS) is 17.8. The summed E-state index contributed by atoms with van der Waals surface area (Å²) in [5, 5.41) is 3.65. The lowest BCUT2D eigenvalue weighted by Crippen LogP contribution is -2.37. The van der Waals surface area contributed by atoms with E-state index >= 15 is 0 Å². The van der Waals surface area contributed by atoms with Crippen LogP contribution in [-0.4, -0.2) is 31.1 Å². The molecule has 0 bridgehead atoms.